The molecule has 1 aliphatic carbocycles. The predicted octanol–water partition coefficient (Wildman–Crippen LogP) is 2.69. The Bertz CT molecular complexity index is 691. The second-order valence-corrected chi connectivity index (χ2v) is 5.00. The van der Waals surface area contributed by atoms with Gasteiger partial charge >= 0.3 is 0 Å². The summed E-state index contributed by atoms with van der Waals surface area (Å²) in [7, 11) is 1.59. The van der Waals surface area contributed by atoms with Gasteiger partial charge in [-0.25, -0.2) is 0 Å². The van der Waals surface area contributed by atoms with Crippen LogP contribution in [0.1, 0.15) is 15.9 Å². The molecule has 2 aromatic rings. The van der Waals surface area contributed by atoms with E-state index in [1.807, 2.05) is 18.2 Å². The van der Waals surface area contributed by atoms with E-state index in [0.717, 1.165) is 11.3 Å². The first kappa shape index (κ1) is 13.4. The minimum absolute atomic E-state index is 0.100. The zero-order chi connectivity index (χ0) is 14.8. The number of ketones is 1. The Morgan fingerprint density at radius 2 is 1.86 bits per heavy atom. The van der Waals surface area contributed by atoms with Crippen molar-refractivity contribution in [2.45, 2.75) is 6.42 Å². The molecule has 106 valence electrons. The van der Waals surface area contributed by atoms with Crippen molar-refractivity contribution < 1.29 is 14.3 Å². The highest BCUT2D eigenvalue weighted by Gasteiger charge is 2.35. The summed E-state index contributed by atoms with van der Waals surface area (Å²) in [6, 6.07) is 14.4. The van der Waals surface area contributed by atoms with E-state index in [1.165, 1.54) is 0 Å². The van der Waals surface area contributed by atoms with Crippen molar-refractivity contribution in [1.29, 1.82) is 0 Å². The number of nitrogens with one attached hydrogen (secondary N) is 1. The van der Waals surface area contributed by atoms with E-state index in [2.05, 4.69) is 5.32 Å². The van der Waals surface area contributed by atoms with Crippen LogP contribution in [0, 0.1) is 5.92 Å². The standard InChI is InChI=1S/C17H15NO3/c1-21-13-8-6-12(7-9-13)18-17(20)15-10-11-4-2-3-5-14(11)16(15)19/h2-9,15H,10H2,1H3,(H,18,20). The van der Waals surface area contributed by atoms with Crippen molar-refractivity contribution in [2.24, 2.45) is 5.92 Å². The van der Waals surface area contributed by atoms with Crippen molar-refractivity contribution in [2.75, 3.05) is 12.4 Å². The lowest BCUT2D eigenvalue weighted by Crippen LogP contribution is -2.27. The van der Waals surface area contributed by atoms with Gasteiger partial charge in [-0.1, -0.05) is 24.3 Å². The van der Waals surface area contributed by atoms with Crippen molar-refractivity contribution >= 4 is 17.4 Å². The van der Waals surface area contributed by atoms with E-state index in [1.54, 1.807) is 37.4 Å². The van der Waals surface area contributed by atoms with Crippen LogP contribution in [-0.2, 0) is 11.2 Å². The van der Waals surface area contributed by atoms with E-state index in [9.17, 15) is 9.59 Å². The zero-order valence-electron chi connectivity index (χ0n) is 11.6. The number of benzene rings is 2. The van der Waals surface area contributed by atoms with Crippen molar-refractivity contribution in [3.63, 3.8) is 0 Å². The monoisotopic (exact) mass is 281 g/mol. The molecule has 0 aliphatic heterocycles. The highest BCUT2D eigenvalue weighted by atomic mass is 16.5. The minimum Gasteiger partial charge on any atom is -0.497 e. The molecule has 0 heterocycles. The normalized spacial score (nSPS) is 16.4. The zero-order valence-corrected chi connectivity index (χ0v) is 11.6. The molecule has 1 unspecified atom stereocenters. The molecule has 0 aromatic heterocycles. The molecule has 1 amide bonds. The number of methoxy groups -OCH3 is 1. The van der Waals surface area contributed by atoms with Crippen LogP contribution in [-0.4, -0.2) is 18.8 Å². The number of carbonyl (C=O) groups excluding carboxylic acids is 2. The van der Waals surface area contributed by atoms with E-state index in [4.69, 9.17) is 4.74 Å². The molecule has 1 atom stereocenters. The first-order valence-corrected chi connectivity index (χ1v) is 6.76. The highest BCUT2D eigenvalue weighted by Crippen LogP contribution is 2.27. The maximum absolute atomic E-state index is 12.3. The molecular formula is C17H15NO3. The summed E-state index contributed by atoms with van der Waals surface area (Å²) < 4.78 is 5.07. The lowest BCUT2D eigenvalue weighted by atomic mass is 10.0. The number of Topliss-reactive ketones (excluding diaryl/α,β-unsaturated/α-hetero) is 1. The number of hydrogen-bond acceptors (Lipinski definition) is 3. The van der Waals surface area contributed by atoms with Gasteiger partial charge in [-0.3, -0.25) is 9.59 Å². The number of anilines is 1. The Balaban J connectivity index is 1.73. The molecule has 3 rings (SSSR count). The van der Waals surface area contributed by atoms with Gasteiger partial charge in [0.1, 0.15) is 11.7 Å². The average molecular weight is 281 g/mol. The number of ether oxygens (including phenoxy) is 1. The van der Waals surface area contributed by atoms with Crippen LogP contribution < -0.4 is 10.1 Å². The molecule has 4 heteroatoms. The Hall–Kier alpha value is -2.62. The molecular weight excluding hydrogens is 266 g/mol. The summed E-state index contributed by atoms with van der Waals surface area (Å²) in [5.41, 5.74) is 2.26. The van der Waals surface area contributed by atoms with Crippen LogP contribution in [0.25, 0.3) is 0 Å². The maximum atomic E-state index is 12.3. The third-order valence-electron chi connectivity index (χ3n) is 3.70. The quantitative estimate of drug-likeness (QED) is 0.880. The fourth-order valence-corrected chi connectivity index (χ4v) is 2.55. The van der Waals surface area contributed by atoms with Gasteiger partial charge in [0.05, 0.1) is 7.11 Å². The summed E-state index contributed by atoms with van der Waals surface area (Å²) in [5.74, 6) is -0.278. The molecule has 0 saturated carbocycles. The molecule has 1 N–H and O–H groups in total. The number of carbonyl (C=O) groups is 2. The van der Waals surface area contributed by atoms with Crippen LogP contribution >= 0.6 is 0 Å². The highest BCUT2D eigenvalue weighted by molar-refractivity contribution is 6.16. The topological polar surface area (TPSA) is 55.4 Å². The van der Waals surface area contributed by atoms with Crippen LogP contribution in [0.2, 0.25) is 0 Å². The largest absolute Gasteiger partial charge is 0.497 e. The van der Waals surface area contributed by atoms with Gasteiger partial charge in [0, 0.05) is 11.3 Å². The first-order chi connectivity index (χ1) is 10.2. The molecule has 0 bridgehead atoms. The molecule has 0 fully saturated rings. The van der Waals surface area contributed by atoms with Crippen LogP contribution in [0.4, 0.5) is 5.69 Å². The average Bonchev–Trinajstić information content (AvgIpc) is 2.86. The van der Waals surface area contributed by atoms with Crippen LogP contribution in [0.3, 0.4) is 0 Å². The van der Waals surface area contributed by atoms with Gasteiger partial charge in [0.15, 0.2) is 5.78 Å². The Kier molecular flexibility index (Phi) is 3.44. The third-order valence-corrected chi connectivity index (χ3v) is 3.70. The van der Waals surface area contributed by atoms with E-state index in [-0.39, 0.29) is 11.7 Å². The van der Waals surface area contributed by atoms with Gasteiger partial charge in [0.2, 0.25) is 5.91 Å². The van der Waals surface area contributed by atoms with Crippen LogP contribution in [0.5, 0.6) is 5.75 Å². The molecule has 21 heavy (non-hydrogen) atoms. The first-order valence-electron chi connectivity index (χ1n) is 6.76. The van der Waals surface area contributed by atoms with Gasteiger partial charge in [0.25, 0.3) is 0 Å². The van der Waals surface area contributed by atoms with E-state index >= 15 is 0 Å². The Labute approximate surface area is 122 Å². The summed E-state index contributed by atoms with van der Waals surface area (Å²) in [5, 5.41) is 2.79. The third kappa shape index (κ3) is 2.52. The lowest BCUT2D eigenvalue weighted by Gasteiger charge is -2.10. The molecule has 4 nitrogen and oxygen atoms in total. The number of fused-ring (bicyclic) bond motifs is 1. The van der Waals surface area contributed by atoms with Gasteiger partial charge < -0.3 is 10.1 Å². The van der Waals surface area contributed by atoms with Crippen molar-refractivity contribution in [3.8, 4) is 5.75 Å². The smallest absolute Gasteiger partial charge is 0.235 e. The Morgan fingerprint density at radius 3 is 2.52 bits per heavy atom. The number of amides is 1. The molecule has 2 aromatic carbocycles. The SMILES string of the molecule is COc1ccc(NC(=O)C2Cc3ccccc3C2=O)cc1. The molecule has 0 spiro atoms. The van der Waals surface area contributed by atoms with Gasteiger partial charge in [-0.05, 0) is 36.2 Å². The van der Waals surface area contributed by atoms with Crippen molar-refractivity contribution in [3.05, 3.63) is 59.7 Å². The summed E-state index contributed by atoms with van der Waals surface area (Å²) in [6.07, 6.45) is 0.469. The summed E-state index contributed by atoms with van der Waals surface area (Å²) in [6.45, 7) is 0. The van der Waals surface area contributed by atoms with E-state index < -0.39 is 5.92 Å². The fraction of sp³-hybridized carbons (Fsp3) is 0.176. The van der Waals surface area contributed by atoms with E-state index in [0.29, 0.717) is 17.7 Å². The molecule has 0 saturated heterocycles. The number of hydrogen-bond donors (Lipinski definition) is 1. The van der Waals surface area contributed by atoms with Gasteiger partial charge in [-0.2, -0.15) is 0 Å². The number of rotatable bonds is 3. The second kappa shape index (κ2) is 5.40. The van der Waals surface area contributed by atoms with Gasteiger partial charge in [-0.15, -0.1) is 0 Å². The maximum Gasteiger partial charge on any atom is 0.235 e. The fourth-order valence-electron chi connectivity index (χ4n) is 2.55. The second-order valence-electron chi connectivity index (χ2n) is 5.00. The summed E-state index contributed by atoms with van der Waals surface area (Å²) in [4.78, 5) is 24.5. The Morgan fingerprint density at radius 1 is 1.14 bits per heavy atom. The minimum atomic E-state index is -0.635. The predicted molar refractivity (Wildman–Crippen MR) is 79.6 cm³/mol. The van der Waals surface area contributed by atoms with Crippen molar-refractivity contribution in [1.82, 2.24) is 0 Å². The lowest BCUT2D eigenvalue weighted by molar-refractivity contribution is -0.118. The van der Waals surface area contributed by atoms with Crippen LogP contribution in [0.15, 0.2) is 48.5 Å². The molecule has 0 radical (unpaired) electrons. The summed E-state index contributed by atoms with van der Waals surface area (Å²) >= 11 is 0. The molecule has 1 aliphatic rings.